The number of hydrogen-bond donors (Lipinski definition) is 1. The van der Waals surface area contributed by atoms with Crippen molar-refractivity contribution in [2.45, 2.75) is 6.92 Å². The lowest BCUT2D eigenvalue weighted by atomic mass is 9.92. The molecule has 0 aliphatic heterocycles. The van der Waals surface area contributed by atoms with Gasteiger partial charge < -0.3 is 5.32 Å². The summed E-state index contributed by atoms with van der Waals surface area (Å²) in [6, 6.07) is 10.8. The fourth-order valence-electron chi connectivity index (χ4n) is 2.32. The first-order valence-electron chi connectivity index (χ1n) is 6.60. The number of carbonyl (C=O) groups excluding carboxylic acids is 2. The maximum atomic E-state index is 13.3. The van der Waals surface area contributed by atoms with Crippen LogP contribution in [0.5, 0.6) is 0 Å². The molecular weight excluding hydrogens is 305 g/mol. The van der Waals surface area contributed by atoms with Gasteiger partial charge in [-0.2, -0.15) is 0 Å². The highest BCUT2D eigenvalue weighted by molar-refractivity contribution is 6.50. The SMILES string of the molecule is Cc1cc(NC2=C(Cl)C(=O)c3ccccc3C2=O)ccc1F. The first-order chi connectivity index (χ1) is 10.5. The summed E-state index contributed by atoms with van der Waals surface area (Å²) in [5, 5.41) is 2.67. The minimum atomic E-state index is -0.404. The number of carbonyl (C=O) groups is 2. The maximum Gasteiger partial charge on any atom is 0.211 e. The summed E-state index contributed by atoms with van der Waals surface area (Å²) in [5.74, 6) is -1.11. The Morgan fingerprint density at radius 2 is 1.64 bits per heavy atom. The van der Waals surface area contributed by atoms with Crippen molar-refractivity contribution in [1.29, 1.82) is 0 Å². The molecule has 0 fully saturated rings. The van der Waals surface area contributed by atoms with Gasteiger partial charge in [0.15, 0.2) is 0 Å². The average Bonchev–Trinajstić information content (AvgIpc) is 2.53. The van der Waals surface area contributed by atoms with Gasteiger partial charge in [0.25, 0.3) is 0 Å². The van der Waals surface area contributed by atoms with E-state index < -0.39 is 5.78 Å². The standard InChI is InChI=1S/C17H11ClFNO2/c1-9-8-10(6-7-13(9)19)20-15-14(18)16(21)11-4-2-3-5-12(11)17(15)22/h2-8,20H,1H3. The molecule has 3 rings (SSSR count). The van der Waals surface area contributed by atoms with Gasteiger partial charge in [-0.25, -0.2) is 4.39 Å². The Hall–Kier alpha value is -2.46. The highest BCUT2D eigenvalue weighted by Crippen LogP contribution is 2.29. The van der Waals surface area contributed by atoms with Crippen molar-refractivity contribution in [2.75, 3.05) is 5.32 Å². The van der Waals surface area contributed by atoms with Crippen LogP contribution in [-0.2, 0) is 0 Å². The summed E-state index contributed by atoms with van der Waals surface area (Å²) in [6.07, 6.45) is 0. The van der Waals surface area contributed by atoms with Crippen molar-refractivity contribution < 1.29 is 14.0 Å². The second-order valence-corrected chi connectivity index (χ2v) is 5.36. The second-order valence-electron chi connectivity index (χ2n) is 4.98. The number of halogens is 2. The van der Waals surface area contributed by atoms with Gasteiger partial charge in [0.2, 0.25) is 11.6 Å². The van der Waals surface area contributed by atoms with Gasteiger partial charge in [0.05, 0.1) is 0 Å². The number of rotatable bonds is 2. The van der Waals surface area contributed by atoms with Crippen LogP contribution in [0.25, 0.3) is 0 Å². The molecule has 1 aliphatic rings. The first kappa shape index (κ1) is 14.5. The molecular formula is C17H11ClFNO2. The quantitative estimate of drug-likeness (QED) is 0.908. The van der Waals surface area contributed by atoms with Crippen molar-refractivity contribution in [1.82, 2.24) is 0 Å². The van der Waals surface area contributed by atoms with E-state index in [1.807, 2.05) is 0 Å². The molecule has 1 N–H and O–H groups in total. The zero-order valence-corrected chi connectivity index (χ0v) is 12.4. The van der Waals surface area contributed by atoms with E-state index in [0.29, 0.717) is 22.4 Å². The molecule has 0 aromatic heterocycles. The third-order valence-corrected chi connectivity index (χ3v) is 3.85. The van der Waals surface area contributed by atoms with Gasteiger partial charge in [-0.3, -0.25) is 9.59 Å². The van der Waals surface area contributed by atoms with Crippen molar-refractivity contribution in [3.05, 3.63) is 75.7 Å². The van der Waals surface area contributed by atoms with Crippen LogP contribution in [0, 0.1) is 12.7 Å². The Morgan fingerprint density at radius 1 is 1.00 bits per heavy atom. The van der Waals surface area contributed by atoms with E-state index in [2.05, 4.69) is 5.32 Å². The summed E-state index contributed by atoms with van der Waals surface area (Å²) in [5.41, 5.74) is 1.53. The van der Waals surface area contributed by atoms with Gasteiger partial charge >= 0.3 is 0 Å². The number of Topliss-reactive ketones (excluding diaryl/α,β-unsaturated/α-hetero) is 2. The normalized spacial score (nSPS) is 14.1. The van der Waals surface area contributed by atoms with Crippen LogP contribution in [-0.4, -0.2) is 11.6 Å². The third-order valence-electron chi connectivity index (χ3n) is 3.49. The molecule has 0 atom stereocenters. The lowest BCUT2D eigenvalue weighted by molar-refractivity contribution is 0.0982. The van der Waals surface area contributed by atoms with Crippen LogP contribution in [0.2, 0.25) is 0 Å². The molecule has 22 heavy (non-hydrogen) atoms. The Morgan fingerprint density at radius 3 is 2.27 bits per heavy atom. The molecule has 110 valence electrons. The summed E-state index contributed by atoms with van der Waals surface area (Å²) in [6.45, 7) is 1.61. The van der Waals surface area contributed by atoms with E-state index in [9.17, 15) is 14.0 Å². The molecule has 0 bridgehead atoms. The van der Waals surface area contributed by atoms with Gasteiger partial charge in [-0.15, -0.1) is 0 Å². The van der Waals surface area contributed by atoms with Crippen LogP contribution >= 0.6 is 11.6 Å². The van der Waals surface area contributed by atoms with E-state index in [4.69, 9.17) is 11.6 Å². The van der Waals surface area contributed by atoms with Crippen molar-refractivity contribution in [3.63, 3.8) is 0 Å². The lowest BCUT2D eigenvalue weighted by Gasteiger charge is -2.19. The minimum Gasteiger partial charge on any atom is -0.351 e. The molecule has 1 aliphatic carbocycles. The van der Waals surface area contributed by atoms with E-state index in [-0.39, 0.29) is 22.3 Å². The molecule has 0 unspecified atom stereocenters. The Kier molecular flexibility index (Phi) is 3.54. The summed E-state index contributed by atoms with van der Waals surface area (Å²) >= 11 is 6.05. The zero-order valence-electron chi connectivity index (χ0n) is 11.6. The number of benzene rings is 2. The Bertz CT molecular complexity index is 842. The minimum absolute atomic E-state index is 0.0105. The molecule has 3 nitrogen and oxygen atoms in total. The molecule has 0 saturated carbocycles. The van der Waals surface area contributed by atoms with Gasteiger partial charge in [-0.1, -0.05) is 35.9 Å². The summed E-state index contributed by atoms with van der Waals surface area (Å²) < 4.78 is 13.3. The van der Waals surface area contributed by atoms with Gasteiger partial charge in [0.1, 0.15) is 16.5 Å². The van der Waals surface area contributed by atoms with Gasteiger partial charge in [0, 0.05) is 16.8 Å². The lowest BCUT2D eigenvalue weighted by Crippen LogP contribution is -2.24. The molecule has 0 heterocycles. The first-order valence-corrected chi connectivity index (χ1v) is 6.98. The van der Waals surface area contributed by atoms with Crippen LogP contribution < -0.4 is 5.32 Å². The monoisotopic (exact) mass is 315 g/mol. The second kappa shape index (κ2) is 5.39. The highest BCUT2D eigenvalue weighted by atomic mass is 35.5. The Labute approximate surface area is 131 Å². The number of nitrogens with one attached hydrogen (secondary N) is 1. The largest absolute Gasteiger partial charge is 0.351 e. The number of aryl methyl sites for hydroxylation is 1. The van der Waals surface area contributed by atoms with E-state index in [1.54, 1.807) is 37.3 Å². The molecule has 2 aromatic rings. The van der Waals surface area contributed by atoms with Crippen LogP contribution in [0.4, 0.5) is 10.1 Å². The summed E-state index contributed by atoms with van der Waals surface area (Å²) in [7, 11) is 0. The zero-order chi connectivity index (χ0) is 15.9. The van der Waals surface area contributed by atoms with E-state index in [1.165, 1.54) is 12.1 Å². The van der Waals surface area contributed by atoms with Gasteiger partial charge in [-0.05, 0) is 30.7 Å². The average molecular weight is 316 g/mol. The molecule has 5 heteroatoms. The van der Waals surface area contributed by atoms with Crippen LogP contribution in [0.1, 0.15) is 26.3 Å². The summed E-state index contributed by atoms with van der Waals surface area (Å²) in [4.78, 5) is 24.7. The molecule has 0 amide bonds. The third kappa shape index (κ3) is 2.31. The topological polar surface area (TPSA) is 46.2 Å². The predicted molar refractivity (Wildman–Crippen MR) is 82.7 cm³/mol. The van der Waals surface area contributed by atoms with Crippen LogP contribution in [0.3, 0.4) is 0 Å². The highest BCUT2D eigenvalue weighted by Gasteiger charge is 2.31. The number of anilines is 1. The molecule has 0 spiro atoms. The van der Waals surface area contributed by atoms with Crippen LogP contribution in [0.15, 0.2) is 53.2 Å². The Balaban J connectivity index is 2.03. The van der Waals surface area contributed by atoms with Crippen molar-refractivity contribution in [2.24, 2.45) is 0 Å². The number of fused-ring (bicyclic) bond motifs is 1. The number of ketones is 2. The van der Waals surface area contributed by atoms with E-state index in [0.717, 1.165) is 0 Å². The van der Waals surface area contributed by atoms with Crippen molar-refractivity contribution >= 4 is 28.9 Å². The van der Waals surface area contributed by atoms with Crippen molar-refractivity contribution in [3.8, 4) is 0 Å². The molecule has 0 saturated heterocycles. The predicted octanol–water partition coefficient (Wildman–Crippen LogP) is 4.08. The number of hydrogen-bond acceptors (Lipinski definition) is 3. The molecule has 0 radical (unpaired) electrons. The van der Waals surface area contributed by atoms with E-state index >= 15 is 0 Å². The smallest absolute Gasteiger partial charge is 0.211 e. The maximum absolute atomic E-state index is 13.3. The fourth-order valence-corrected chi connectivity index (χ4v) is 2.56. The number of allylic oxidation sites excluding steroid dienone is 2. The fraction of sp³-hybridized carbons (Fsp3) is 0.0588. The molecule has 2 aromatic carbocycles.